The largest absolute Gasteiger partial charge is 0.433 e. The normalized spacial score (nSPS) is 29.6. The molecule has 0 radical (unpaired) electrons. The van der Waals surface area contributed by atoms with Gasteiger partial charge in [0.05, 0.1) is 0 Å². The molecule has 2 fully saturated rings. The van der Waals surface area contributed by atoms with E-state index in [0.29, 0.717) is 0 Å². The first-order chi connectivity index (χ1) is 13.0. The summed E-state index contributed by atoms with van der Waals surface area (Å²) in [6.45, 7) is 2.30. The van der Waals surface area contributed by atoms with Gasteiger partial charge in [-0.1, -0.05) is 51.5 Å². The minimum absolute atomic E-state index is 0.736. The van der Waals surface area contributed by atoms with Crippen LogP contribution in [0.25, 0.3) is 0 Å². The number of hydrogen-bond acceptors (Lipinski definition) is 1. The molecule has 0 aliphatic heterocycles. The smallest absolute Gasteiger partial charge is 0.252 e. The molecule has 0 aromatic carbocycles. The average molecular weight is 382 g/mol. The van der Waals surface area contributed by atoms with Crippen LogP contribution in [0.5, 0.6) is 0 Å². The van der Waals surface area contributed by atoms with Crippen LogP contribution >= 0.6 is 0 Å². The average Bonchev–Trinajstić information content (AvgIpc) is 2.67. The summed E-state index contributed by atoms with van der Waals surface area (Å²) in [4.78, 5) is 3.58. The quantitative estimate of drug-likeness (QED) is 0.499. The van der Waals surface area contributed by atoms with Crippen molar-refractivity contribution in [3.05, 3.63) is 29.6 Å². The van der Waals surface area contributed by atoms with Gasteiger partial charge in [-0.05, 0) is 73.8 Å². The van der Waals surface area contributed by atoms with E-state index in [1.807, 2.05) is 0 Å². The second-order valence-electron chi connectivity index (χ2n) is 8.94. The van der Waals surface area contributed by atoms with Crippen molar-refractivity contribution in [3.63, 3.8) is 0 Å². The number of aryl methyl sites for hydroxylation is 1. The first-order valence-corrected chi connectivity index (χ1v) is 11.0. The van der Waals surface area contributed by atoms with Crippen LogP contribution in [0.1, 0.15) is 88.8 Å². The Labute approximate surface area is 162 Å². The molecule has 152 valence electrons. The molecule has 0 N–H and O–H groups in total. The Morgan fingerprint density at radius 3 is 1.85 bits per heavy atom. The molecule has 0 spiro atoms. The third-order valence-electron chi connectivity index (χ3n) is 7.10. The van der Waals surface area contributed by atoms with Gasteiger partial charge in [0.15, 0.2) is 0 Å². The fourth-order valence-corrected chi connectivity index (χ4v) is 5.42. The van der Waals surface area contributed by atoms with Gasteiger partial charge in [-0.3, -0.25) is 4.98 Å². The lowest BCUT2D eigenvalue weighted by molar-refractivity contribution is -0.141. The van der Waals surface area contributed by atoms with E-state index in [0.717, 1.165) is 48.1 Å². The van der Waals surface area contributed by atoms with Crippen molar-refractivity contribution in [1.82, 2.24) is 4.98 Å². The van der Waals surface area contributed by atoms with Crippen LogP contribution in [0, 0.1) is 23.7 Å². The maximum atomic E-state index is 12.6. The molecule has 1 aromatic heterocycles. The molecule has 1 nitrogen and oxygen atoms in total. The molecule has 4 heteroatoms. The van der Waals surface area contributed by atoms with E-state index in [-0.39, 0.29) is 0 Å². The van der Waals surface area contributed by atoms with Gasteiger partial charge in [-0.15, -0.1) is 0 Å². The van der Waals surface area contributed by atoms with Crippen molar-refractivity contribution < 1.29 is 13.2 Å². The molecular formula is C23H34F3N. The van der Waals surface area contributed by atoms with Gasteiger partial charge in [0.2, 0.25) is 0 Å². The highest BCUT2D eigenvalue weighted by Gasteiger charge is 2.32. The van der Waals surface area contributed by atoms with Crippen molar-refractivity contribution in [2.45, 2.75) is 90.1 Å². The molecule has 1 aromatic rings. The predicted molar refractivity (Wildman–Crippen MR) is 103 cm³/mol. The molecule has 0 atom stereocenters. The first-order valence-electron chi connectivity index (χ1n) is 11.0. The highest BCUT2D eigenvalue weighted by atomic mass is 19.4. The van der Waals surface area contributed by atoms with Crippen molar-refractivity contribution in [2.75, 3.05) is 0 Å². The number of hydrogen-bond donors (Lipinski definition) is 0. The first kappa shape index (κ1) is 20.7. The minimum atomic E-state index is -4.34. The molecule has 2 aliphatic carbocycles. The zero-order chi connectivity index (χ0) is 19.3. The van der Waals surface area contributed by atoms with Crippen molar-refractivity contribution in [2.24, 2.45) is 23.7 Å². The lowest BCUT2D eigenvalue weighted by Crippen LogP contribution is -2.26. The Balaban J connectivity index is 1.37. The van der Waals surface area contributed by atoms with Crippen LogP contribution in [0.15, 0.2) is 18.3 Å². The Bertz CT molecular complexity index is 550. The third kappa shape index (κ3) is 5.96. The Morgan fingerprint density at radius 1 is 0.852 bits per heavy atom. The number of alkyl halides is 3. The molecule has 2 aliphatic rings. The van der Waals surface area contributed by atoms with E-state index in [2.05, 4.69) is 11.9 Å². The molecule has 27 heavy (non-hydrogen) atoms. The summed E-state index contributed by atoms with van der Waals surface area (Å²) in [6.07, 6.45) is 12.8. The zero-order valence-electron chi connectivity index (χ0n) is 16.6. The van der Waals surface area contributed by atoms with Crippen molar-refractivity contribution in [3.8, 4) is 0 Å². The van der Waals surface area contributed by atoms with Gasteiger partial charge in [0, 0.05) is 6.20 Å². The maximum absolute atomic E-state index is 12.6. The Kier molecular flexibility index (Phi) is 7.22. The summed E-state index contributed by atoms with van der Waals surface area (Å²) in [5.41, 5.74) is 0.139. The molecule has 0 amide bonds. The van der Waals surface area contributed by atoms with Crippen molar-refractivity contribution >= 4 is 0 Å². The summed E-state index contributed by atoms with van der Waals surface area (Å²) < 4.78 is 37.8. The number of aromatic nitrogens is 1. The fourth-order valence-electron chi connectivity index (χ4n) is 5.42. The molecule has 0 bridgehead atoms. The second-order valence-corrected chi connectivity index (χ2v) is 8.94. The highest BCUT2D eigenvalue weighted by molar-refractivity contribution is 5.16. The maximum Gasteiger partial charge on any atom is 0.433 e. The van der Waals surface area contributed by atoms with Crippen LogP contribution in [-0.4, -0.2) is 4.98 Å². The molecule has 3 rings (SSSR count). The monoisotopic (exact) mass is 381 g/mol. The number of rotatable bonds is 6. The lowest BCUT2D eigenvalue weighted by Gasteiger charge is -2.38. The van der Waals surface area contributed by atoms with Crippen LogP contribution in [0.2, 0.25) is 0 Å². The number of halogens is 3. The SMILES string of the molecule is CCC[C@H]1CC[C@H](C2CCC(CCc3ccc(C(F)(F)F)nc3)CC2)CC1. The number of nitrogens with zero attached hydrogens (tertiary/aromatic N) is 1. The standard InChI is InChI=1S/C23H34F3N/c1-2-3-17-6-11-20(12-7-17)21-13-8-18(9-14-21)4-5-19-10-15-22(27-16-19)23(24,25)26/h10,15-18,20-21H,2-9,11-14H2,1H3/t17-,18?,20-,21?. The van der Waals surface area contributed by atoms with Gasteiger partial charge >= 0.3 is 6.18 Å². The van der Waals surface area contributed by atoms with E-state index in [1.54, 1.807) is 6.07 Å². The topological polar surface area (TPSA) is 12.9 Å². The van der Waals surface area contributed by atoms with Gasteiger partial charge in [-0.25, -0.2) is 0 Å². The third-order valence-corrected chi connectivity index (χ3v) is 7.10. The summed E-state index contributed by atoms with van der Waals surface area (Å²) >= 11 is 0. The molecule has 2 saturated carbocycles. The van der Waals surface area contributed by atoms with Gasteiger partial charge in [-0.2, -0.15) is 13.2 Å². The van der Waals surface area contributed by atoms with Crippen LogP contribution in [-0.2, 0) is 12.6 Å². The Hall–Kier alpha value is -1.06. The van der Waals surface area contributed by atoms with E-state index < -0.39 is 11.9 Å². The summed E-state index contributed by atoms with van der Waals surface area (Å²) in [5.74, 6) is 3.61. The molecule has 0 saturated heterocycles. The van der Waals surface area contributed by atoms with E-state index in [4.69, 9.17) is 0 Å². The van der Waals surface area contributed by atoms with Crippen LogP contribution < -0.4 is 0 Å². The molecule has 1 heterocycles. The van der Waals surface area contributed by atoms with Crippen LogP contribution in [0.3, 0.4) is 0 Å². The van der Waals surface area contributed by atoms with Gasteiger partial charge < -0.3 is 0 Å². The minimum Gasteiger partial charge on any atom is -0.252 e. The predicted octanol–water partition coefficient (Wildman–Crippen LogP) is 7.45. The van der Waals surface area contributed by atoms with Gasteiger partial charge in [0.1, 0.15) is 5.69 Å². The molecule has 0 unspecified atom stereocenters. The summed E-state index contributed by atoms with van der Waals surface area (Å²) in [6, 6.07) is 2.71. The van der Waals surface area contributed by atoms with Gasteiger partial charge in [0.25, 0.3) is 0 Å². The van der Waals surface area contributed by atoms with Crippen LogP contribution in [0.4, 0.5) is 13.2 Å². The summed E-state index contributed by atoms with van der Waals surface area (Å²) in [5, 5.41) is 0. The Morgan fingerprint density at radius 2 is 1.41 bits per heavy atom. The highest BCUT2D eigenvalue weighted by Crippen LogP contribution is 2.43. The summed E-state index contributed by atoms with van der Waals surface area (Å²) in [7, 11) is 0. The van der Waals surface area contributed by atoms with E-state index in [1.165, 1.54) is 70.4 Å². The molecular weight excluding hydrogens is 347 g/mol. The van der Waals surface area contributed by atoms with E-state index in [9.17, 15) is 13.2 Å². The van der Waals surface area contributed by atoms with E-state index >= 15 is 0 Å². The van der Waals surface area contributed by atoms with Crippen molar-refractivity contribution in [1.29, 1.82) is 0 Å². The fraction of sp³-hybridized carbons (Fsp3) is 0.783. The lowest BCUT2D eigenvalue weighted by atomic mass is 9.68. The number of pyridine rings is 1. The zero-order valence-corrected chi connectivity index (χ0v) is 16.6. The second kappa shape index (κ2) is 9.43.